The SMILES string of the molecule is Cc1cc(F)ccc1-c1nc(C(=O)Nc2cccc(C(=O)O)c2)c(CCC23CC4CC(CC(C4)C2)C3)[nH]1. The Bertz CT molecular complexity index is 1340. The predicted octanol–water partition coefficient (Wildman–Crippen LogP) is 6.62. The number of nitrogens with zero attached hydrogens (tertiary/aromatic N) is 1. The lowest BCUT2D eigenvalue weighted by Crippen LogP contribution is -2.46. The van der Waals surface area contributed by atoms with Gasteiger partial charge in [-0.2, -0.15) is 0 Å². The van der Waals surface area contributed by atoms with Gasteiger partial charge in [0.1, 0.15) is 17.3 Å². The first kappa shape index (κ1) is 23.9. The molecule has 2 aromatic carbocycles. The van der Waals surface area contributed by atoms with E-state index in [2.05, 4.69) is 15.3 Å². The van der Waals surface area contributed by atoms with Crippen molar-refractivity contribution < 1.29 is 19.1 Å². The van der Waals surface area contributed by atoms with Crippen molar-refractivity contribution in [2.24, 2.45) is 23.2 Å². The summed E-state index contributed by atoms with van der Waals surface area (Å²) in [5.74, 6) is 1.36. The number of anilines is 1. The minimum atomic E-state index is -1.05. The van der Waals surface area contributed by atoms with Gasteiger partial charge in [-0.05, 0) is 123 Å². The quantitative estimate of drug-likeness (QED) is 0.339. The van der Waals surface area contributed by atoms with Gasteiger partial charge in [0.25, 0.3) is 5.91 Å². The minimum Gasteiger partial charge on any atom is -0.478 e. The first-order valence-corrected chi connectivity index (χ1v) is 13.3. The number of aromatic nitrogens is 2. The summed E-state index contributed by atoms with van der Waals surface area (Å²) in [5, 5.41) is 12.1. The summed E-state index contributed by atoms with van der Waals surface area (Å²) in [7, 11) is 0. The zero-order valence-electron chi connectivity index (χ0n) is 21.0. The van der Waals surface area contributed by atoms with Crippen LogP contribution < -0.4 is 5.32 Å². The number of aromatic carboxylic acids is 1. The van der Waals surface area contributed by atoms with Crippen LogP contribution >= 0.6 is 0 Å². The maximum absolute atomic E-state index is 13.8. The summed E-state index contributed by atoms with van der Waals surface area (Å²) < 4.78 is 13.8. The van der Waals surface area contributed by atoms with E-state index in [0.717, 1.165) is 47.4 Å². The van der Waals surface area contributed by atoms with Crippen LogP contribution in [-0.4, -0.2) is 27.0 Å². The fraction of sp³-hybridized carbons (Fsp3) is 0.433. The first-order chi connectivity index (χ1) is 17.8. The van der Waals surface area contributed by atoms with Crippen molar-refractivity contribution in [2.45, 2.75) is 58.3 Å². The summed E-state index contributed by atoms with van der Waals surface area (Å²) >= 11 is 0. The van der Waals surface area contributed by atoms with E-state index in [9.17, 15) is 19.1 Å². The number of hydrogen-bond acceptors (Lipinski definition) is 3. The molecule has 3 N–H and O–H groups in total. The van der Waals surface area contributed by atoms with Crippen LogP contribution in [0.1, 0.15) is 77.0 Å². The Balaban J connectivity index is 1.30. The number of H-pyrrole nitrogens is 1. The largest absolute Gasteiger partial charge is 0.478 e. The molecule has 4 fully saturated rings. The molecule has 0 aliphatic heterocycles. The average molecular weight is 502 g/mol. The number of benzene rings is 2. The standard InChI is InChI=1S/C30H32FN3O3/c1-17-9-22(31)5-6-24(17)27-33-25(7-8-30-14-18-10-19(15-30)12-20(11-18)16-30)26(34-27)28(35)32-23-4-2-3-21(13-23)29(36)37/h2-6,9,13,18-20H,7-8,10-12,14-16H2,1H3,(H,32,35)(H,33,34)(H,36,37). The molecule has 0 radical (unpaired) electrons. The summed E-state index contributed by atoms with van der Waals surface area (Å²) in [6, 6.07) is 10.7. The molecule has 192 valence electrons. The van der Waals surface area contributed by atoms with Crippen LogP contribution in [0.4, 0.5) is 10.1 Å². The molecular formula is C30H32FN3O3. The molecule has 0 unspecified atom stereocenters. The highest BCUT2D eigenvalue weighted by Crippen LogP contribution is 2.61. The van der Waals surface area contributed by atoms with Crippen molar-refractivity contribution in [2.75, 3.05) is 5.32 Å². The average Bonchev–Trinajstić information content (AvgIpc) is 3.26. The minimum absolute atomic E-state index is 0.101. The molecule has 7 heteroatoms. The zero-order valence-corrected chi connectivity index (χ0v) is 21.0. The van der Waals surface area contributed by atoms with E-state index in [0.29, 0.717) is 22.6 Å². The number of carbonyl (C=O) groups excluding carboxylic acids is 1. The van der Waals surface area contributed by atoms with Gasteiger partial charge >= 0.3 is 5.97 Å². The molecule has 6 nitrogen and oxygen atoms in total. The number of aromatic amines is 1. The third kappa shape index (κ3) is 4.67. The zero-order chi connectivity index (χ0) is 25.7. The number of hydrogen-bond donors (Lipinski definition) is 3. The predicted molar refractivity (Wildman–Crippen MR) is 139 cm³/mol. The van der Waals surface area contributed by atoms with E-state index in [4.69, 9.17) is 0 Å². The maximum atomic E-state index is 13.8. The van der Waals surface area contributed by atoms with Crippen molar-refractivity contribution >= 4 is 17.6 Å². The van der Waals surface area contributed by atoms with Crippen LogP contribution in [0.5, 0.6) is 0 Å². The third-order valence-corrected chi connectivity index (χ3v) is 8.88. The molecule has 0 spiro atoms. The Labute approximate surface area is 215 Å². The molecule has 1 heterocycles. The molecule has 0 atom stereocenters. The molecule has 4 bridgehead atoms. The third-order valence-electron chi connectivity index (χ3n) is 8.88. The van der Waals surface area contributed by atoms with E-state index < -0.39 is 5.97 Å². The van der Waals surface area contributed by atoms with Gasteiger partial charge in [-0.1, -0.05) is 6.07 Å². The Morgan fingerprint density at radius 1 is 1.08 bits per heavy atom. The van der Waals surface area contributed by atoms with Crippen molar-refractivity contribution in [3.05, 3.63) is 70.8 Å². The van der Waals surface area contributed by atoms with Crippen molar-refractivity contribution in [1.82, 2.24) is 9.97 Å². The monoisotopic (exact) mass is 501 g/mol. The lowest BCUT2D eigenvalue weighted by Gasteiger charge is -2.57. The number of aryl methyl sites for hydroxylation is 2. The number of carbonyl (C=O) groups is 2. The van der Waals surface area contributed by atoms with Crippen molar-refractivity contribution in [3.63, 3.8) is 0 Å². The van der Waals surface area contributed by atoms with E-state index >= 15 is 0 Å². The van der Waals surface area contributed by atoms with Crippen LogP contribution in [0.2, 0.25) is 0 Å². The fourth-order valence-corrected chi connectivity index (χ4v) is 7.71. The molecular weight excluding hydrogens is 469 g/mol. The summed E-state index contributed by atoms with van der Waals surface area (Å²) in [6.07, 6.45) is 9.79. The number of amides is 1. The maximum Gasteiger partial charge on any atom is 0.335 e. The fourth-order valence-electron chi connectivity index (χ4n) is 7.71. The van der Waals surface area contributed by atoms with E-state index in [1.54, 1.807) is 18.2 Å². The van der Waals surface area contributed by atoms with E-state index in [1.807, 2.05) is 6.92 Å². The van der Waals surface area contributed by atoms with Gasteiger partial charge in [-0.3, -0.25) is 4.79 Å². The first-order valence-electron chi connectivity index (χ1n) is 13.3. The topological polar surface area (TPSA) is 95.1 Å². The number of rotatable bonds is 7. The number of carboxylic acid groups (broad SMARTS) is 1. The Kier molecular flexibility index (Phi) is 5.89. The smallest absolute Gasteiger partial charge is 0.335 e. The van der Waals surface area contributed by atoms with Gasteiger partial charge in [-0.15, -0.1) is 0 Å². The number of nitrogens with one attached hydrogen (secondary N) is 2. The van der Waals surface area contributed by atoms with Crippen LogP contribution in [0.3, 0.4) is 0 Å². The molecule has 7 rings (SSSR count). The molecule has 37 heavy (non-hydrogen) atoms. The van der Waals surface area contributed by atoms with E-state index in [1.165, 1.54) is 62.8 Å². The molecule has 3 aromatic rings. The molecule has 1 aromatic heterocycles. The summed E-state index contributed by atoms with van der Waals surface area (Å²) in [5.41, 5.74) is 3.44. The summed E-state index contributed by atoms with van der Waals surface area (Å²) in [4.78, 5) is 32.9. The Hall–Kier alpha value is -3.48. The Morgan fingerprint density at radius 2 is 1.78 bits per heavy atom. The van der Waals surface area contributed by atoms with Gasteiger partial charge in [0.15, 0.2) is 0 Å². The number of carboxylic acids is 1. The molecule has 0 saturated heterocycles. The van der Waals surface area contributed by atoms with Crippen LogP contribution in [0.15, 0.2) is 42.5 Å². The number of imidazole rings is 1. The van der Waals surface area contributed by atoms with Gasteiger partial charge in [0, 0.05) is 16.9 Å². The summed E-state index contributed by atoms with van der Waals surface area (Å²) in [6.45, 7) is 1.83. The second kappa shape index (κ2) is 9.12. The van der Waals surface area contributed by atoms with Gasteiger partial charge in [0.2, 0.25) is 0 Å². The lowest BCUT2D eigenvalue weighted by atomic mass is 9.48. The molecule has 1 amide bonds. The van der Waals surface area contributed by atoms with Crippen molar-refractivity contribution in [1.29, 1.82) is 0 Å². The molecule has 4 saturated carbocycles. The van der Waals surface area contributed by atoms with E-state index in [-0.39, 0.29) is 17.3 Å². The Morgan fingerprint density at radius 3 is 2.43 bits per heavy atom. The number of halogens is 1. The normalized spacial score (nSPS) is 25.8. The molecule has 4 aliphatic rings. The van der Waals surface area contributed by atoms with Gasteiger partial charge in [0.05, 0.1) is 5.56 Å². The second-order valence-corrected chi connectivity index (χ2v) is 11.6. The molecule has 4 aliphatic carbocycles. The highest BCUT2D eigenvalue weighted by atomic mass is 19.1. The second-order valence-electron chi connectivity index (χ2n) is 11.6. The van der Waals surface area contributed by atoms with Crippen molar-refractivity contribution in [3.8, 4) is 11.4 Å². The van der Waals surface area contributed by atoms with Crippen LogP contribution in [0, 0.1) is 35.9 Å². The lowest BCUT2D eigenvalue weighted by molar-refractivity contribution is -0.0570. The van der Waals surface area contributed by atoms with Gasteiger partial charge in [-0.25, -0.2) is 14.2 Å². The van der Waals surface area contributed by atoms with Crippen LogP contribution in [-0.2, 0) is 6.42 Å². The highest BCUT2D eigenvalue weighted by Gasteiger charge is 2.50. The van der Waals surface area contributed by atoms with Crippen LogP contribution in [0.25, 0.3) is 11.4 Å². The van der Waals surface area contributed by atoms with Gasteiger partial charge < -0.3 is 15.4 Å². The highest BCUT2D eigenvalue weighted by molar-refractivity contribution is 6.04.